The first-order chi connectivity index (χ1) is 11.6. The molecule has 0 spiro atoms. The lowest BCUT2D eigenvalue weighted by atomic mass is 10.2. The Kier molecular flexibility index (Phi) is 4.96. The van der Waals surface area contributed by atoms with Gasteiger partial charge in [0.25, 0.3) is 5.56 Å². The van der Waals surface area contributed by atoms with E-state index in [1.807, 2.05) is 19.1 Å². The van der Waals surface area contributed by atoms with Gasteiger partial charge in [-0.05, 0) is 18.6 Å². The van der Waals surface area contributed by atoms with Crippen LogP contribution in [0.2, 0.25) is 0 Å². The Morgan fingerprint density at radius 1 is 1.42 bits per heavy atom. The number of thiazole rings is 1. The second kappa shape index (κ2) is 7.14. The molecule has 3 aromatic rings. The molecule has 1 atom stereocenters. The summed E-state index contributed by atoms with van der Waals surface area (Å²) in [5, 5.41) is 5.92. The Morgan fingerprint density at radius 2 is 2.21 bits per heavy atom. The van der Waals surface area contributed by atoms with Crippen molar-refractivity contribution in [2.45, 2.75) is 23.8 Å². The average Bonchev–Trinajstić information content (AvgIpc) is 3.09. The first-order valence-corrected chi connectivity index (χ1v) is 9.19. The van der Waals surface area contributed by atoms with Crippen LogP contribution in [0.3, 0.4) is 0 Å². The molecule has 124 valence electrons. The van der Waals surface area contributed by atoms with Crippen molar-refractivity contribution in [2.75, 3.05) is 5.32 Å². The van der Waals surface area contributed by atoms with E-state index in [2.05, 4.69) is 15.3 Å². The number of hydrogen-bond donors (Lipinski definition) is 1. The quantitative estimate of drug-likeness (QED) is 0.559. The monoisotopic (exact) mass is 360 g/mol. The molecule has 1 amide bonds. The molecule has 2 heterocycles. The van der Waals surface area contributed by atoms with Crippen molar-refractivity contribution < 1.29 is 4.79 Å². The maximum absolute atomic E-state index is 12.4. The molecular weight excluding hydrogens is 344 g/mol. The van der Waals surface area contributed by atoms with Crippen LogP contribution in [0.4, 0.5) is 5.13 Å². The highest BCUT2D eigenvalue weighted by molar-refractivity contribution is 8.00. The van der Waals surface area contributed by atoms with Crippen molar-refractivity contribution in [3.8, 4) is 0 Å². The van der Waals surface area contributed by atoms with Crippen LogP contribution in [0.1, 0.15) is 13.3 Å². The number of carbonyl (C=O) groups is 1. The van der Waals surface area contributed by atoms with E-state index >= 15 is 0 Å². The molecule has 0 saturated carbocycles. The smallest absolute Gasteiger partial charge is 0.261 e. The molecule has 0 saturated heterocycles. The van der Waals surface area contributed by atoms with Gasteiger partial charge in [0.1, 0.15) is 0 Å². The predicted octanol–water partition coefficient (Wildman–Crippen LogP) is 2.90. The molecular formula is C16H16N4O2S2. The van der Waals surface area contributed by atoms with Crippen LogP contribution in [-0.2, 0) is 11.8 Å². The zero-order chi connectivity index (χ0) is 17.1. The number of nitrogens with one attached hydrogen (secondary N) is 1. The third kappa shape index (κ3) is 3.34. The standard InChI is InChI=1S/C16H16N4O2S2/c1-3-12(13(21)19-15-17-8-9-23-15)24-16-18-11-7-5-4-6-10(11)14(22)20(16)2/h4-9,12H,3H2,1-2H3,(H,17,19,21). The number of anilines is 1. The summed E-state index contributed by atoms with van der Waals surface area (Å²) in [6.07, 6.45) is 2.26. The summed E-state index contributed by atoms with van der Waals surface area (Å²) >= 11 is 2.66. The summed E-state index contributed by atoms with van der Waals surface area (Å²) in [6, 6.07) is 7.22. The van der Waals surface area contributed by atoms with Crippen molar-refractivity contribution in [1.82, 2.24) is 14.5 Å². The van der Waals surface area contributed by atoms with Gasteiger partial charge in [0.05, 0.1) is 16.2 Å². The largest absolute Gasteiger partial charge is 0.301 e. The maximum Gasteiger partial charge on any atom is 0.261 e. The molecule has 1 N–H and O–H groups in total. The number of thioether (sulfide) groups is 1. The Balaban J connectivity index is 1.88. The Bertz CT molecular complexity index is 921. The van der Waals surface area contributed by atoms with E-state index in [0.717, 1.165) is 0 Å². The summed E-state index contributed by atoms with van der Waals surface area (Å²) in [4.78, 5) is 33.5. The van der Waals surface area contributed by atoms with Gasteiger partial charge in [-0.25, -0.2) is 9.97 Å². The molecule has 0 aliphatic heterocycles. The molecule has 0 aliphatic rings. The van der Waals surface area contributed by atoms with E-state index in [-0.39, 0.29) is 16.7 Å². The fraction of sp³-hybridized carbons (Fsp3) is 0.250. The first-order valence-electron chi connectivity index (χ1n) is 7.43. The summed E-state index contributed by atoms with van der Waals surface area (Å²) in [7, 11) is 1.68. The number of para-hydroxylation sites is 1. The van der Waals surface area contributed by atoms with E-state index < -0.39 is 0 Å². The van der Waals surface area contributed by atoms with Gasteiger partial charge in [-0.1, -0.05) is 30.8 Å². The normalized spacial score (nSPS) is 12.2. The second-order valence-corrected chi connectivity index (χ2v) is 7.18. The van der Waals surface area contributed by atoms with Gasteiger partial charge in [-0.2, -0.15) is 0 Å². The Morgan fingerprint density at radius 3 is 2.92 bits per heavy atom. The fourth-order valence-electron chi connectivity index (χ4n) is 2.22. The number of nitrogens with zero attached hydrogens (tertiary/aromatic N) is 3. The zero-order valence-electron chi connectivity index (χ0n) is 13.2. The van der Waals surface area contributed by atoms with Gasteiger partial charge in [0, 0.05) is 18.6 Å². The van der Waals surface area contributed by atoms with E-state index in [1.165, 1.54) is 27.7 Å². The number of fused-ring (bicyclic) bond motifs is 1. The van der Waals surface area contributed by atoms with Crippen LogP contribution in [0.25, 0.3) is 10.9 Å². The number of carbonyl (C=O) groups excluding carboxylic acids is 1. The van der Waals surface area contributed by atoms with Crippen LogP contribution in [0.15, 0.2) is 45.8 Å². The number of benzene rings is 1. The van der Waals surface area contributed by atoms with E-state index in [0.29, 0.717) is 27.6 Å². The highest BCUT2D eigenvalue weighted by Crippen LogP contribution is 2.25. The Hall–Kier alpha value is -2.19. The highest BCUT2D eigenvalue weighted by Gasteiger charge is 2.21. The molecule has 6 nitrogen and oxygen atoms in total. The van der Waals surface area contributed by atoms with Crippen molar-refractivity contribution in [1.29, 1.82) is 0 Å². The fourth-order valence-corrected chi connectivity index (χ4v) is 3.73. The molecule has 1 unspecified atom stereocenters. The molecule has 8 heteroatoms. The van der Waals surface area contributed by atoms with Crippen LogP contribution in [-0.4, -0.2) is 25.7 Å². The lowest BCUT2D eigenvalue weighted by molar-refractivity contribution is -0.115. The van der Waals surface area contributed by atoms with Crippen LogP contribution < -0.4 is 10.9 Å². The minimum Gasteiger partial charge on any atom is -0.301 e. The average molecular weight is 360 g/mol. The minimum absolute atomic E-state index is 0.113. The molecule has 0 fully saturated rings. The number of aromatic nitrogens is 3. The number of hydrogen-bond acceptors (Lipinski definition) is 6. The van der Waals surface area contributed by atoms with Crippen LogP contribution in [0.5, 0.6) is 0 Å². The van der Waals surface area contributed by atoms with Gasteiger partial charge in [-0.3, -0.25) is 14.2 Å². The molecule has 3 rings (SSSR count). The maximum atomic E-state index is 12.4. The summed E-state index contributed by atoms with van der Waals surface area (Å²) in [6.45, 7) is 1.93. The third-order valence-electron chi connectivity index (χ3n) is 3.52. The van der Waals surface area contributed by atoms with Crippen molar-refractivity contribution in [3.63, 3.8) is 0 Å². The van der Waals surface area contributed by atoms with Gasteiger partial charge in [0.15, 0.2) is 10.3 Å². The second-order valence-electron chi connectivity index (χ2n) is 5.12. The van der Waals surface area contributed by atoms with Gasteiger partial charge >= 0.3 is 0 Å². The minimum atomic E-state index is -0.354. The number of rotatable bonds is 5. The predicted molar refractivity (Wildman–Crippen MR) is 97.7 cm³/mol. The summed E-state index contributed by atoms with van der Waals surface area (Å²) in [5.74, 6) is -0.139. The van der Waals surface area contributed by atoms with E-state index in [9.17, 15) is 9.59 Å². The molecule has 24 heavy (non-hydrogen) atoms. The van der Waals surface area contributed by atoms with Gasteiger partial charge in [-0.15, -0.1) is 11.3 Å². The van der Waals surface area contributed by atoms with E-state index in [1.54, 1.807) is 30.8 Å². The van der Waals surface area contributed by atoms with Gasteiger partial charge < -0.3 is 5.32 Å². The van der Waals surface area contributed by atoms with Crippen molar-refractivity contribution in [2.24, 2.45) is 7.05 Å². The van der Waals surface area contributed by atoms with Crippen molar-refractivity contribution in [3.05, 3.63) is 46.2 Å². The van der Waals surface area contributed by atoms with Crippen LogP contribution in [0, 0.1) is 0 Å². The summed E-state index contributed by atoms with van der Waals surface area (Å²) in [5.41, 5.74) is 0.525. The first kappa shape index (κ1) is 16.7. The highest BCUT2D eigenvalue weighted by atomic mass is 32.2. The molecule has 1 aromatic carbocycles. The topological polar surface area (TPSA) is 76.9 Å². The lowest BCUT2D eigenvalue weighted by Gasteiger charge is -2.15. The van der Waals surface area contributed by atoms with Gasteiger partial charge in [0.2, 0.25) is 5.91 Å². The van der Waals surface area contributed by atoms with E-state index in [4.69, 9.17) is 0 Å². The number of amides is 1. The molecule has 0 aliphatic carbocycles. The molecule has 2 aromatic heterocycles. The Labute approximate surface area is 147 Å². The zero-order valence-corrected chi connectivity index (χ0v) is 14.9. The SMILES string of the molecule is CCC(Sc1nc2ccccc2c(=O)n1C)C(=O)Nc1nccs1. The molecule has 0 radical (unpaired) electrons. The van der Waals surface area contributed by atoms with Crippen LogP contribution >= 0.6 is 23.1 Å². The molecule has 0 bridgehead atoms. The third-order valence-corrected chi connectivity index (χ3v) is 5.61. The summed E-state index contributed by atoms with van der Waals surface area (Å²) < 4.78 is 1.49. The van der Waals surface area contributed by atoms with Crippen molar-refractivity contribution >= 4 is 45.0 Å². The lowest BCUT2D eigenvalue weighted by Crippen LogP contribution is -2.27.